The SMILES string of the molecule is Cl.O=[N+]([O-])c1ccc(OC2CCNCC2c2ccccc2)cc1. The zero-order valence-electron chi connectivity index (χ0n) is 12.6. The van der Waals surface area contributed by atoms with Crippen molar-refractivity contribution in [1.82, 2.24) is 5.32 Å². The quantitative estimate of drug-likeness (QED) is 0.686. The van der Waals surface area contributed by atoms with Gasteiger partial charge in [-0.2, -0.15) is 0 Å². The summed E-state index contributed by atoms with van der Waals surface area (Å²) in [6.07, 6.45) is 0.987. The van der Waals surface area contributed by atoms with E-state index in [0.29, 0.717) is 5.75 Å². The van der Waals surface area contributed by atoms with Gasteiger partial charge in [0.15, 0.2) is 0 Å². The van der Waals surface area contributed by atoms with Crippen LogP contribution < -0.4 is 10.1 Å². The Labute approximate surface area is 141 Å². The lowest BCUT2D eigenvalue weighted by atomic mass is 9.89. The van der Waals surface area contributed by atoms with Gasteiger partial charge in [0.05, 0.1) is 4.92 Å². The van der Waals surface area contributed by atoms with Crippen LogP contribution in [0.25, 0.3) is 0 Å². The average molecular weight is 335 g/mol. The minimum atomic E-state index is -0.402. The van der Waals surface area contributed by atoms with E-state index in [1.807, 2.05) is 18.2 Å². The fraction of sp³-hybridized carbons (Fsp3) is 0.294. The third-order valence-electron chi connectivity index (χ3n) is 3.98. The Morgan fingerprint density at radius 2 is 1.78 bits per heavy atom. The maximum atomic E-state index is 10.7. The molecule has 0 aromatic heterocycles. The normalized spacial score (nSPS) is 20.3. The van der Waals surface area contributed by atoms with Gasteiger partial charge in [-0.05, 0) is 30.7 Å². The Morgan fingerprint density at radius 3 is 2.43 bits per heavy atom. The highest BCUT2D eigenvalue weighted by Gasteiger charge is 2.28. The standard InChI is InChI=1S/C17H18N2O3.ClH/c20-19(21)14-6-8-15(9-7-14)22-17-10-11-18-12-16(17)13-4-2-1-3-5-13;/h1-9,16-18H,10-12H2;1H. The lowest BCUT2D eigenvalue weighted by Crippen LogP contribution is -2.41. The second-order valence-corrected chi connectivity index (χ2v) is 5.42. The van der Waals surface area contributed by atoms with Crippen LogP contribution in [0.1, 0.15) is 17.9 Å². The van der Waals surface area contributed by atoms with E-state index in [-0.39, 0.29) is 30.1 Å². The molecule has 23 heavy (non-hydrogen) atoms. The molecule has 1 saturated heterocycles. The second-order valence-electron chi connectivity index (χ2n) is 5.42. The van der Waals surface area contributed by atoms with Gasteiger partial charge in [0.1, 0.15) is 11.9 Å². The molecular weight excluding hydrogens is 316 g/mol. The number of benzene rings is 2. The lowest BCUT2D eigenvalue weighted by molar-refractivity contribution is -0.384. The first-order valence-corrected chi connectivity index (χ1v) is 7.41. The molecule has 1 heterocycles. The van der Waals surface area contributed by atoms with E-state index >= 15 is 0 Å². The van der Waals surface area contributed by atoms with Crippen LogP contribution in [-0.4, -0.2) is 24.1 Å². The number of ether oxygens (including phenoxy) is 1. The van der Waals surface area contributed by atoms with Gasteiger partial charge in [-0.25, -0.2) is 0 Å². The number of nitro benzene ring substituents is 1. The largest absolute Gasteiger partial charge is 0.490 e. The minimum absolute atomic E-state index is 0. The molecule has 122 valence electrons. The van der Waals surface area contributed by atoms with Crippen LogP contribution in [0.2, 0.25) is 0 Å². The Kier molecular flexibility index (Phi) is 5.96. The van der Waals surface area contributed by atoms with Gasteiger partial charge < -0.3 is 10.1 Å². The van der Waals surface area contributed by atoms with Crippen molar-refractivity contribution >= 4 is 18.1 Å². The average Bonchev–Trinajstić information content (AvgIpc) is 2.57. The summed E-state index contributed by atoms with van der Waals surface area (Å²) in [6, 6.07) is 16.6. The molecule has 0 saturated carbocycles. The Balaban J connectivity index is 0.00000192. The highest BCUT2D eigenvalue weighted by Crippen LogP contribution is 2.28. The van der Waals surface area contributed by atoms with Crippen molar-refractivity contribution in [3.63, 3.8) is 0 Å². The van der Waals surface area contributed by atoms with E-state index in [4.69, 9.17) is 4.74 Å². The van der Waals surface area contributed by atoms with Gasteiger partial charge in [-0.1, -0.05) is 30.3 Å². The van der Waals surface area contributed by atoms with E-state index < -0.39 is 4.92 Å². The number of hydrogen-bond acceptors (Lipinski definition) is 4. The maximum Gasteiger partial charge on any atom is 0.269 e. The number of nitrogens with zero attached hydrogens (tertiary/aromatic N) is 1. The zero-order chi connectivity index (χ0) is 15.4. The van der Waals surface area contributed by atoms with Crippen molar-refractivity contribution in [2.75, 3.05) is 13.1 Å². The molecule has 2 aromatic rings. The Morgan fingerprint density at radius 1 is 1.09 bits per heavy atom. The van der Waals surface area contributed by atoms with Gasteiger partial charge >= 0.3 is 0 Å². The molecule has 1 fully saturated rings. The third kappa shape index (κ3) is 4.21. The molecule has 0 amide bonds. The van der Waals surface area contributed by atoms with Crippen molar-refractivity contribution in [2.24, 2.45) is 0 Å². The third-order valence-corrected chi connectivity index (χ3v) is 3.98. The van der Waals surface area contributed by atoms with Crippen molar-refractivity contribution in [1.29, 1.82) is 0 Å². The van der Waals surface area contributed by atoms with Gasteiger partial charge in [0.2, 0.25) is 0 Å². The molecule has 1 aliphatic rings. The molecule has 3 rings (SSSR count). The summed E-state index contributed by atoms with van der Waals surface area (Å²) >= 11 is 0. The first kappa shape index (κ1) is 17.2. The zero-order valence-corrected chi connectivity index (χ0v) is 13.4. The van der Waals surface area contributed by atoms with Gasteiger partial charge in [0, 0.05) is 24.6 Å². The predicted octanol–water partition coefficient (Wildman–Crippen LogP) is 3.54. The van der Waals surface area contributed by atoms with E-state index in [0.717, 1.165) is 19.5 Å². The van der Waals surface area contributed by atoms with Crippen LogP contribution in [0, 0.1) is 10.1 Å². The van der Waals surface area contributed by atoms with Crippen LogP contribution >= 0.6 is 12.4 Å². The van der Waals surface area contributed by atoms with E-state index in [1.54, 1.807) is 12.1 Å². The molecule has 2 atom stereocenters. The van der Waals surface area contributed by atoms with E-state index in [9.17, 15) is 10.1 Å². The molecule has 0 spiro atoms. The number of nitrogens with one attached hydrogen (secondary N) is 1. The highest BCUT2D eigenvalue weighted by atomic mass is 35.5. The maximum absolute atomic E-state index is 10.7. The van der Waals surface area contributed by atoms with Crippen molar-refractivity contribution < 1.29 is 9.66 Å². The number of hydrogen-bond donors (Lipinski definition) is 1. The summed E-state index contributed by atoms with van der Waals surface area (Å²) < 4.78 is 6.09. The molecule has 2 unspecified atom stereocenters. The molecule has 1 N–H and O–H groups in total. The van der Waals surface area contributed by atoms with Crippen molar-refractivity contribution in [3.05, 3.63) is 70.3 Å². The number of rotatable bonds is 4. The summed E-state index contributed by atoms with van der Waals surface area (Å²) in [4.78, 5) is 10.3. The summed E-state index contributed by atoms with van der Waals surface area (Å²) in [5.74, 6) is 0.962. The fourth-order valence-corrected chi connectivity index (χ4v) is 2.83. The Hall–Kier alpha value is -2.11. The summed E-state index contributed by atoms with van der Waals surface area (Å²) in [7, 11) is 0. The predicted molar refractivity (Wildman–Crippen MR) is 91.4 cm³/mol. The molecule has 0 radical (unpaired) electrons. The van der Waals surface area contributed by atoms with Crippen molar-refractivity contribution in [3.8, 4) is 5.75 Å². The van der Waals surface area contributed by atoms with Crippen LogP contribution in [-0.2, 0) is 0 Å². The molecule has 1 aliphatic heterocycles. The first-order chi connectivity index (χ1) is 10.7. The summed E-state index contributed by atoms with van der Waals surface area (Å²) in [5, 5.41) is 14.1. The number of halogens is 1. The topological polar surface area (TPSA) is 64.4 Å². The second kappa shape index (κ2) is 7.94. The molecule has 0 aliphatic carbocycles. The number of nitro groups is 1. The number of piperidine rings is 1. The van der Waals surface area contributed by atoms with E-state index in [1.165, 1.54) is 17.7 Å². The monoisotopic (exact) mass is 334 g/mol. The number of non-ortho nitro benzene ring substituents is 1. The Bertz CT molecular complexity index is 634. The van der Waals surface area contributed by atoms with Gasteiger partial charge in [0.25, 0.3) is 5.69 Å². The van der Waals surface area contributed by atoms with Gasteiger partial charge in [-0.3, -0.25) is 10.1 Å². The fourth-order valence-electron chi connectivity index (χ4n) is 2.83. The molecule has 0 bridgehead atoms. The minimum Gasteiger partial charge on any atom is -0.490 e. The molecule has 2 aromatic carbocycles. The van der Waals surface area contributed by atoms with Crippen LogP contribution in [0.15, 0.2) is 54.6 Å². The molecule has 5 nitrogen and oxygen atoms in total. The van der Waals surface area contributed by atoms with Crippen LogP contribution in [0.4, 0.5) is 5.69 Å². The van der Waals surface area contributed by atoms with Gasteiger partial charge in [-0.15, -0.1) is 12.4 Å². The van der Waals surface area contributed by atoms with E-state index in [2.05, 4.69) is 17.4 Å². The van der Waals surface area contributed by atoms with Crippen molar-refractivity contribution in [2.45, 2.75) is 18.4 Å². The van der Waals surface area contributed by atoms with Crippen LogP contribution in [0.3, 0.4) is 0 Å². The highest BCUT2D eigenvalue weighted by molar-refractivity contribution is 5.85. The first-order valence-electron chi connectivity index (χ1n) is 7.41. The summed E-state index contributed by atoms with van der Waals surface area (Å²) in [5.41, 5.74) is 1.33. The summed E-state index contributed by atoms with van der Waals surface area (Å²) in [6.45, 7) is 1.79. The smallest absolute Gasteiger partial charge is 0.269 e. The molecule has 6 heteroatoms. The molecular formula is C17H19ClN2O3. The van der Waals surface area contributed by atoms with Crippen LogP contribution in [0.5, 0.6) is 5.75 Å². The lowest BCUT2D eigenvalue weighted by Gasteiger charge is -2.32.